The molecule has 1 unspecified atom stereocenters. The van der Waals surface area contributed by atoms with E-state index in [1.807, 2.05) is 12.1 Å². The summed E-state index contributed by atoms with van der Waals surface area (Å²) in [5, 5.41) is 8.56. The zero-order valence-corrected chi connectivity index (χ0v) is 8.83. The van der Waals surface area contributed by atoms with Gasteiger partial charge in [0.15, 0.2) is 6.61 Å². The summed E-state index contributed by atoms with van der Waals surface area (Å²) in [6.07, 6.45) is 1.88. The van der Waals surface area contributed by atoms with Crippen LogP contribution in [0.25, 0.3) is 0 Å². The monoisotopic (exact) mass is 226 g/mol. The van der Waals surface area contributed by atoms with Crippen LogP contribution < -0.4 is 4.74 Å². The molecule has 15 heavy (non-hydrogen) atoms. The van der Waals surface area contributed by atoms with Gasteiger partial charge in [0.25, 0.3) is 0 Å². The Morgan fingerprint density at radius 2 is 2.40 bits per heavy atom. The summed E-state index contributed by atoms with van der Waals surface area (Å²) in [4.78, 5) is 10.3. The number of rotatable bonds is 3. The highest BCUT2D eigenvalue weighted by molar-refractivity contribution is 6.21. The third kappa shape index (κ3) is 2.23. The molecule has 1 aromatic carbocycles. The highest BCUT2D eigenvalue weighted by atomic mass is 35.5. The summed E-state index contributed by atoms with van der Waals surface area (Å²) in [7, 11) is 0. The first-order valence-electron chi connectivity index (χ1n) is 4.78. The van der Waals surface area contributed by atoms with Crippen molar-refractivity contribution < 1.29 is 14.6 Å². The Balaban J connectivity index is 2.12. The minimum Gasteiger partial charge on any atom is -0.482 e. The van der Waals surface area contributed by atoms with Gasteiger partial charge in [-0.05, 0) is 36.1 Å². The number of carbonyl (C=O) groups is 1. The number of fused-ring (bicyclic) bond motifs is 1. The molecule has 0 amide bonds. The Hall–Kier alpha value is -1.22. The number of carboxylic acid groups (broad SMARTS) is 1. The van der Waals surface area contributed by atoms with Crippen LogP contribution >= 0.6 is 11.6 Å². The highest BCUT2D eigenvalue weighted by Gasteiger charge is 2.20. The van der Waals surface area contributed by atoms with E-state index in [0.717, 1.165) is 24.0 Å². The predicted octanol–water partition coefficient (Wildman–Crippen LogP) is 2.38. The zero-order valence-electron chi connectivity index (χ0n) is 8.07. The van der Waals surface area contributed by atoms with Crippen molar-refractivity contribution in [1.29, 1.82) is 0 Å². The normalized spacial score (nSPS) is 18.6. The second-order valence-corrected chi connectivity index (χ2v) is 4.08. The quantitative estimate of drug-likeness (QED) is 0.805. The van der Waals surface area contributed by atoms with Crippen molar-refractivity contribution in [2.45, 2.75) is 18.2 Å². The fraction of sp³-hybridized carbons (Fsp3) is 0.364. The number of alkyl halides is 1. The van der Waals surface area contributed by atoms with Crippen molar-refractivity contribution in [3.63, 3.8) is 0 Å². The van der Waals surface area contributed by atoms with E-state index in [9.17, 15) is 4.79 Å². The van der Waals surface area contributed by atoms with Gasteiger partial charge in [-0.1, -0.05) is 6.07 Å². The zero-order chi connectivity index (χ0) is 10.8. The van der Waals surface area contributed by atoms with Crippen molar-refractivity contribution in [2.75, 3.05) is 6.61 Å². The van der Waals surface area contributed by atoms with Crippen LogP contribution in [-0.2, 0) is 11.2 Å². The van der Waals surface area contributed by atoms with Crippen molar-refractivity contribution in [1.82, 2.24) is 0 Å². The number of benzene rings is 1. The molecular formula is C11H11ClO3. The van der Waals surface area contributed by atoms with Gasteiger partial charge >= 0.3 is 5.97 Å². The van der Waals surface area contributed by atoms with Crippen molar-refractivity contribution in [2.24, 2.45) is 0 Å². The lowest BCUT2D eigenvalue weighted by molar-refractivity contribution is -0.139. The van der Waals surface area contributed by atoms with E-state index >= 15 is 0 Å². The summed E-state index contributed by atoms with van der Waals surface area (Å²) < 4.78 is 5.09. The van der Waals surface area contributed by atoms with Gasteiger partial charge in [0.2, 0.25) is 0 Å². The fourth-order valence-corrected chi connectivity index (χ4v) is 2.10. The van der Waals surface area contributed by atoms with Crippen LogP contribution in [0.1, 0.15) is 22.9 Å². The number of carboxylic acids is 1. The van der Waals surface area contributed by atoms with Crippen LogP contribution in [0.2, 0.25) is 0 Å². The predicted molar refractivity (Wildman–Crippen MR) is 56.5 cm³/mol. The van der Waals surface area contributed by atoms with Crippen LogP contribution in [-0.4, -0.2) is 17.7 Å². The third-order valence-corrected chi connectivity index (χ3v) is 2.93. The minimum atomic E-state index is -0.967. The average molecular weight is 227 g/mol. The summed E-state index contributed by atoms with van der Waals surface area (Å²) in [5.41, 5.74) is 2.30. The van der Waals surface area contributed by atoms with Crippen molar-refractivity contribution >= 4 is 17.6 Å². The Kier molecular flexibility index (Phi) is 2.82. The minimum absolute atomic E-state index is 0.0912. The van der Waals surface area contributed by atoms with E-state index in [4.69, 9.17) is 21.4 Å². The van der Waals surface area contributed by atoms with Crippen LogP contribution in [0, 0.1) is 0 Å². The van der Waals surface area contributed by atoms with Gasteiger partial charge in [-0.25, -0.2) is 4.79 Å². The standard InChI is InChI=1S/C11H11ClO3/c12-10-4-1-7-5-8(2-3-9(7)10)15-6-11(13)14/h2-3,5,10H,1,4,6H2,(H,13,14). The molecule has 1 aliphatic carbocycles. The van der Waals surface area contributed by atoms with Gasteiger partial charge in [-0.2, -0.15) is 0 Å². The number of hydrogen-bond acceptors (Lipinski definition) is 2. The SMILES string of the molecule is O=C(O)COc1ccc2c(c1)CCC2Cl. The van der Waals surface area contributed by atoms with Crippen LogP contribution in [0.15, 0.2) is 18.2 Å². The van der Waals surface area contributed by atoms with Gasteiger partial charge in [0, 0.05) is 0 Å². The molecule has 1 aliphatic rings. The maximum absolute atomic E-state index is 10.3. The van der Waals surface area contributed by atoms with Gasteiger partial charge < -0.3 is 9.84 Å². The molecular weight excluding hydrogens is 216 g/mol. The molecule has 0 spiro atoms. The van der Waals surface area contributed by atoms with E-state index in [-0.39, 0.29) is 12.0 Å². The second kappa shape index (κ2) is 4.11. The van der Waals surface area contributed by atoms with Gasteiger partial charge in [-0.15, -0.1) is 11.6 Å². The molecule has 1 atom stereocenters. The summed E-state index contributed by atoms with van der Waals surface area (Å²) in [6, 6.07) is 5.56. The molecule has 2 rings (SSSR count). The Labute approximate surface area is 92.6 Å². The van der Waals surface area contributed by atoms with E-state index in [0.29, 0.717) is 5.75 Å². The summed E-state index contributed by atoms with van der Waals surface area (Å²) in [6.45, 7) is -0.302. The number of aliphatic carboxylic acids is 1. The maximum Gasteiger partial charge on any atom is 0.341 e. The second-order valence-electron chi connectivity index (χ2n) is 3.55. The maximum atomic E-state index is 10.3. The fourth-order valence-electron chi connectivity index (χ4n) is 1.78. The summed E-state index contributed by atoms with van der Waals surface area (Å²) in [5.74, 6) is -0.368. The largest absolute Gasteiger partial charge is 0.482 e. The first-order valence-corrected chi connectivity index (χ1v) is 5.22. The molecule has 0 aliphatic heterocycles. The van der Waals surface area contributed by atoms with Crippen LogP contribution in [0.3, 0.4) is 0 Å². The molecule has 0 bridgehead atoms. The van der Waals surface area contributed by atoms with Crippen LogP contribution in [0.4, 0.5) is 0 Å². The van der Waals surface area contributed by atoms with E-state index in [1.54, 1.807) is 6.07 Å². The molecule has 4 heteroatoms. The van der Waals surface area contributed by atoms with E-state index in [1.165, 1.54) is 0 Å². The van der Waals surface area contributed by atoms with Gasteiger partial charge in [0.05, 0.1) is 5.38 Å². The lowest BCUT2D eigenvalue weighted by Gasteiger charge is -2.06. The molecule has 0 radical (unpaired) electrons. The number of ether oxygens (including phenoxy) is 1. The molecule has 0 saturated heterocycles. The lowest BCUT2D eigenvalue weighted by Crippen LogP contribution is -2.09. The van der Waals surface area contributed by atoms with Crippen molar-refractivity contribution in [3.8, 4) is 5.75 Å². The topological polar surface area (TPSA) is 46.5 Å². The van der Waals surface area contributed by atoms with E-state index < -0.39 is 5.97 Å². The molecule has 3 nitrogen and oxygen atoms in total. The molecule has 0 saturated carbocycles. The molecule has 1 N–H and O–H groups in total. The lowest BCUT2D eigenvalue weighted by atomic mass is 10.1. The third-order valence-electron chi connectivity index (χ3n) is 2.48. The first-order chi connectivity index (χ1) is 7.16. The number of hydrogen-bond donors (Lipinski definition) is 1. The molecule has 0 aromatic heterocycles. The molecule has 80 valence electrons. The first kappa shape index (κ1) is 10.3. The highest BCUT2D eigenvalue weighted by Crippen LogP contribution is 2.37. The molecule has 0 heterocycles. The molecule has 0 fully saturated rings. The number of halogens is 1. The molecule has 1 aromatic rings. The Morgan fingerprint density at radius 1 is 1.60 bits per heavy atom. The van der Waals surface area contributed by atoms with Gasteiger partial charge in [-0.3, -0.25) is 0 Å². The average Bonchev–Trinajstić information content (AvgIpc) is 2.57. The van der Waals surface area contributed by atoms with Crippen molar-refractivity contribution in [3.05, 3.63) is 29.3 Å². The van der Waals surface area contributed by atoms with Crippen LogP contribution in [0.5, 0.6) is 5.75 Å². The van der Waals surface area contributed by atoms with Gasteiger partial charge in [0.1, 0.15) is 5.75 Å². The smallest absolute Gasteiger partial charge is 0.341 e. The Morgan fingerprint density at radius 3 is 3.13 bits per heavy atom. The Bertz CT molecular complexity index is 389. The van der Waals surface area contributed by atoms with E-state index in [2.05, 4.69) is 0 Å². The summed E-state index contributed by atoms with van der Waals surface area (Å²) >= 11 is 6.09. The number of aryl methyl sites for hydroxylation is 1.